The molecule has 1 aromatic heterocycles. The average Bonchev–Trinajstić information content (AvgIpc) is 2.99. The summed E-state index contributed by atoms with van der Waals surface area (Å²) in [6, 6.07) is 0. The van der Waals surface area contributed by atoms with Crippen LogP contribution in [-0.2, 0) is 16.0 Å². The van der Waals surface area contributed by atoms with E-state index in [1.807, 2.05) is 16.7 Å². The Bertz CT molecular complexity index is 609. The van der Waals surface area contributed by atoms with Crippen molar-refractivity contribution in [2.75, 3.05) is 32.7 Å². The molecule has 3 heterocycles. The molecule has 2 fully saturated rings. The Kier molecular flexibility index (Phi) is 5.67. The standard InChI is InChI=1S/C17H27N5O3/c1-12-19-16(25-20-12)9-13-4-7-22(8-5-13)17(24)14-3-2-6-21(10-14)11-15(18)23/h13-14H,2-11H2,1H3,(H2,18,23). The summed E-state index contributed by atoms with van der Waals surface area (Å²) < 4.78 is 5.20. The Hall–Kier alpha value is -1.96. The molecule has 3 rings (SSSR count). The lowest BCUT2D eigenvalue weighted by Crippen LogP contribution is -2.48. The lowest BCUT2D eigenvalue weighted by Gasteiger charge is -2.37. The molecule has 0 bridgehead atoms. The van der Waals surface area contributed by atoms with Crippen LogP contribution in [0.25, 0.3) is 0 Å². The summed E-state index contributed by atoms with van der Waals surface area (Å²) in [4.78, 5) is 32.1. The summed E-state index contributed by atoms with van der Waals surface area (Å²) in [6.45, 7) is 5.11. The van der Waals surface area contributed by atoms with Gasteiger partial charge in [-0.1, -0.05) is 5.16 Å². The fourth-order valence-electron chi connectivity index (χ4n) is 3.91. The van der Waals surface area contributed by atoms with E-state index in [1.165, 1.54) is 0 Å². The molecular formula is C17H27N5O3. The molecule has 2 aliphatic heterocycles. The summed E-state index contributed by atoms with van der Waals surface area (Å²) in [5.41, 5.74) is 5.27. The molecule has 8 nitrogen and oxygen atoms in total. The van der Waals surface area contributed by atoms with Crippen molar-refractivity contribution in [2.24, 2.45) is 17.6 Å². The Labute approximate surface area is 147 Å². The maximum absolute atomic E-state index is 12.8. The van der Waals surface area contributed by atoms with Gasteiger partial charge in [0.05, 0.1) is 12.5 Å². The van der Waals surface area contributed by atoms with Crippen LogP contribution in [0.3, 0.4) is 0 Å². The number of aryl methyl sites for hydroxylation is 1. The van der Waals surface area contributed by atoms with Gasteiger partial charge in [0.25, 0.3) is 0 Å². The number of likely N-dealkylation sites (tertiary alicyclic amines) is 2. The van der Waals surface area contributed by atoms with E-state index in [2.05, 4.69) is 10.1 Å². The van der Waals surface area contributed by atoms with Crippen molar-refractivity contribution in [1.82, 2.24) is 19.9 Å². The van der Waals surface area contributed by atoms with E-state index in [0.717, 1.165) is 51.7 Å². The fourth-order valence-corrected chi connectivity index (χ4v) is 3.91. The van der Waals surface area contributed by atoms with E-state index >= 15 is 0 Å². The maximum atomic E-state index is 12.8. The van der Waals surface area contributed by atoms with Crippen molar-refractivity contribution < 1.29 is 14.1 Å². The molecule has 2 saturated heterocycles. The second kappa shape index (κ2) is 7.95. The second-order valence-electron chi connectivity index (χ2n) is 7.25. The van der Waals surface area contributed by atoms with Crippen LogP contribution in [0.5, 0.6) is 0 Å². The summed E-state index contributed by atoms with van der Waals surface area (Å²) >= 11 is 0. The highest BCUT2D eigenvalue weighted by atomic mass is 16.5. The highest BCUT2D eigenvalue weighted by Crippen LogP contribution is 2.25. The van der Waals surface area contributed by atoms with Crippen molar-refractivity contribution >= 4 is 11.8 Å². The molecule has 2 aliphatic rings. The van der Waals surface area contributed by atoms with Crippen molar-refractivity contribution in [3.63, 3.8) is 0 Å². The van der Waals surface area contributed by atoms with E-state index in [4.69, 9.17) is 10.3 Å². The highest BCUT2D eigenvalue weighted by Gasteiger charge is 2.32. The first-order valence-corrected chi connectivity index (χ1v) is 9.10. The average molecular weight is 349 g/mol. The van der Waals surface area contributed by atoms with E-state index in [-0.39, 0.29) is 24.3 Å². The summed E-state index contributed by atoms with van der Waals surface area (Å²) in [5.74, 6) is 1.73. The molecule has 0 radical (unpaired) electrons. The monoisotopic (exact) mass is 349 g/mol. The number of hydrogen-bond donors (Lipinski definition) is 1. The molecule has 1 unspecified atom stereocenters. The van der Waals surface area contributed by atoms with Gasteiger partial charge in [-0.05, 0) is 45.1 Å². The number of aromatic nitrogens is 2. The molecular weight excluding hydrogens is 322 g/mol. The number of piperidine rings is 2. The van der Waals surface area contributed by atoms with Crippen LogP contribution in [0.4, 0.5) is 0 Å². The van der Waals surface area contributed by atoms with Crippen molar-refractivity contribution in [3.8, 4) is 0 Å². The summed E-state index contributed by atoms with van der Waals surface area (Å²) in [5, 5.41) is 3.83. The minimum absolute atomic E-state index is 0.0109. The number of rotatable bonds is 5. The molecule has 2 N–H and O–H groups in total. The molecule has 2 amide bonds. The van der Waals surface area contributed by atoms with E-state index in [1.54, 1.807) is 0 Å². The van der Waals surface area contributed by atoms with Crippen LogP contribution in [0.1, 0.15) is 37.4 Å². The number of hydrogen-bond acceptors (Lipinski definition) is 6. The third-order valence-electron chi connectivity index (χ3n) is 5.19. The van der Waals surface area contributed by atoms with Crippen LogP contribution in [-0.4, -0.2) is 64.5 Å². The zero-order valence-electron chi connectivity index (χ0n) is 14.8. The first-order valence-electron chi connectivity index (χ1n) is 9.10. The smallest absolute Gasteiger partial charge is 0.231 e. The quantitative estimate of drug-likeness (QED) is 0.822. The summed E-state index contributed by atoms with van der Waals surface area (Å²) in [7, 11) is 0. The van der Waals surface area contributed by atoms with Gasteiger partial charge in [-0.2, -0.15) is 4.98 Å². The van der Waals surface area contributed by atoms with Crippen molar-refractivity contribution in [1.29, 1.82) is 0 Å². The Balaban J connectivity index is 1.47. The number of nitrogens with two attached hydrogens (primary N) is 1. The van der Waals surface area contributed by atoms with Gasteiger partial charge in [0, 0.05) is 26.1 Å². The number of primary amides is 1. The van der Waals surface area contributed by atoms with Gasteiger partial charge in [0.15, 0.2) is 5.82 Å². The third-order valence-corrected chi connectivity index (χ3v) is 5.19. The summed E-state index contributed by atoms with van der Waals surface area (Å²) in [6.07, 6.45) is 4.56. The van der Waals surface area contributed by atoms with Gasteiger partial charge in [-0.25, -0.2) is 0 Å². The van der Waals surface area contributed by atoms with E-state index in [9.17, 15) is 9.59 Å². The molecule has 1 atom stereocenters. The molecule has 1 aromatic rings. The SMILES string of the molecule is Cc1noc(CC2CCN(C(=O)C3CCCN(CC(N)=O)C3)CC2)n1. The Morgan fingerprint density at radius 1 is 1.24 bits per heavy atom. The van der Waals surface area contributed by atoms with Gasteiger partial charge in [0.1, 0.15) is 0 Å². The molecule has 0 aromatic carbocycles. The molecule has 0 aliphatic carbocycles. The van der Waals surface area contributed by atoms with Gasteiger partial charge in [-0.3, -0.25) is 14.5 Å². The van der Waals surface area contributed by atoms with Crippen LogP contribution < -0.4 is 5.73 Å². The fraction of sp³-hybridized carbons (Fsp3) is 0.765. The molecule has 8 heteroatoms. The normalized spacial score (nSPS) is 22.9. The zero-order chi connectivity index (χ0) is 17.8. The molecule has 0 spiro atoms. The van der Waals surface area contributed by atoms with Gasteiger partial charge in [-0.15, -0.1) is 0 Å². The van der Waals surface area contributed by atoms with Gasteiger partial charge in [0.2, 0.25) is 17.7 Å². The molecule has 138 valence electrons. The third kappa shape index (κ3) is 4.78. The first kappa shape index (κ1) is 17.8. The lowest BCUT2D eigenvalue weighted by molar-refractivity contribution is -0.139. The zero-order valence-corrected chi connectivity index (χ0v) is 14.8. The largest absolute Gasteiger partial charge is 0.369 e. The minimum atomic E-state index is -0.329. The van der Waals surface area contributed by atoms with Crippen LogP contribution in [0.2, 0.25) is 0 Å². The highest BCUT2D eigenvalue weighted by molar-refractivity contribution is 5.79. The predicted molar refractivity (Wildman–Crippen MR) is 90.4 cm³/mol. The van der Waals surface area contributed by atoms with E-state index in [0.29, 0.717) is 24.2 Å². The molecule has 0 saturated carbocycles. The van der Waals surface area contributed by atoms with Gasteiger partial charge >= 0.3 is 0 Å². The van der Waals surface area contributed by atoms with Crippen molar-refractivity contribution in [3.05, 3.63) is 11.7 Å². The Morgan fingerprint density at radius 2 is 2.00 bits per heavy atom. The number of carbonyl (C=O) groups is 2. The number of nitrogens with zero attached hydrogens (tertiary/aromatic N) is 4. The predicted octanol–water partition coefficient (Wildman–Crippen LogP) is 0.356. The number of carbonyl (C=O) groups excluding carboxylic acids is 2. The van der Waals surface area contributed by atoms with Gasteiger partial charge < -0.3 is 15.2 Å². The van der Waals surface area contributed by atoms with Crippen molar-refractivity contribution in [2.45, 2.75) is 39.0 Å². The minimum Gasteiger partial charge on any atom is -0.369 e. The van der Waals surface area contributed by atoms with Crippen LogP contribution >= 0.6 is 0 Å². The lowest BCUT2D eigenvalue weighted by atomic mass is 9.91. The first-order chi connectivity index (χ1) is 12.0. The Morgan fingerprint density at radius 3 is 2.64 bits per heavy atom. The second-order valence-corrected chi connectivity index (χ2v) is 7.25. The van der Waals surface area contributed by atoms with E-state index < -0.39 is 0 Å². The van der Waals surface area contributed by atoms with Crippen LogP contribution in [0, 0.1) is 18.8 Å². The van der Waals surface area contributed by atoms with Crippen LogP contribution in [0.15, 0.2) is 4.52 Å². The maximum Gasteiger partial charge on any atom is 0.231 e. The topological polar surface area (TPSA) is 106 Å². The number of amides is 2. The molecule has 25 heavy (non-hydrogen) atoms.